The molecule has 4 heteroatoms. The molecule has 1 aromatic carbocycles. The van der Waals surface area contributed by atoms with Crippen LogP contribution in [0.5, 0.6) is 11.5 Å². The summed E-state index contributed by atoms with van der Waals surface area (Å²) in [5.74, 6) is 0.148. The van der Waals surface area contributed by atoms with Gasteiger partial charge in [-0.05, 0) is 19.1 Å². The van der Waals surface area contributed by atoms with Gasteiger partial charge in [0.2, 0.25) is 0 Å². The van der Waals surface area contributed by atoms with Crippen molar-refractivity contribution in [3.63, 3.8) is 0 Å². The highest BCUT2D eigenvalue weighted by Crippen LogP contribution is 2.28. The van der Waals surface area contributed by atoms with E-state index in [1.807, 2.05) is 0 Å². The number of aromatic hydroxyl groups is 1. The van der Waals surface area contributed by atoms with Crippen molar-refractivity contribution in [2.75, 3.05) is 5.73 Å². The molecule has 0 heterocycles. The van der Waals surface area contributed by atoms with Crippen LogP contribution in [0.4, 0.5) is 5.69 Å². The van der Waals surface area contributed by atoms with E-state index in [-0.39, 0.29) is 11.5 Å². The minimum Gasteiger partial charge on any atom is -0.504 e. The summed E-state index contributed by atoms with van der Waals surface area (Å²) in [4.78, 5) is 0. The fourth-order valence-corrected chi connectivity index (χ4v) is 0.809. The van der Waals surface area contributed by atoms with Crippen LogP contribution in [0, 0.1) is 0 Å². The van der Waals surface area contributed by atoms with E-state index in [0.717, 1.165) is 0 Å². The molecule has 0 unspecified atom stereocenters. The van der Waals surface area contributed by atoms with E-state index in [4.69, 9.17) is 15.6 Å². The molecule has 4 nitrogen and oxygen atoms in total. The predicted molar refractivity (Wildman–Crippen MR) is 44.8 cm³/mol. The third-order valence-corrected chi connectivity index (χ3v) is 1.28. The summed E-state index contributed by atoms with van der Waals surface area (Å²) in [6.45, 7) is 1.45. The normalized spacial score (nSPS) is 12.5. The van der Waals surface area contributed by atoms with Crippen molar-refractivity contribution in [2.45, 2.75) is 13.2 Å². The second kappa shape index (κ2) is 3.32. The highest BCUT2D eigenvalue weighted by molar-refractivity contribution is 5.51. The number of aliphatic hydroxyl groups is 1. The van der Waals surface area contributed by atoms with Crippen LogP contribution in [0.1, 0.15) is 6.92 Å². The van der Waals surface area contributed by atoms with Crippen molar-refractivity contribution >= 4 is 5.69 Å². The van der Waals surface area contributed by atoms with Crippen LogP contribution in [0.2, 0.25) is 0 Å². The van der Waals surface area contributed by atoms with Gasteiger partial charge in [-0.1, -0.05) is 0 Å². The summed E-state index contributed by atoms with van der Waals surface area (Å²) >= 11 is 0. The molecule has 0 saturated carbocycles. The molecule has 0 aliphatic rings. The fourth-order valence-electron chi connectivity index (χ4n) is 0.809. The molecule has 66 valence electrons. The lowest BCUT2D eigenvalue weighted by Gasteiger charge is -2.10. The van der Waals surface area contributed by atoms with Gasteiger partial charge in [0.05, 0.1) is 0 Å². The lowest BCUT2D eigenvalue weighted by molar-refractivity contribution is -0.00201. The third kappa shape index (κ3) is 2.03. The quantitative estimate of drug-likeness (QED) is 0.346. The minimum atomic E-state index is -0.960. The maximum atomic E-state index is 9.19. The molecular formula is C8H11NO3. The summed E-state index contributed by atoms with van der Waals surface area (Å²) < 4.78 is 4.85. The molecule has 0 amide bonds. The molecule has 0 aromatic heterocycles. The van der Waals surface area contributed by atoms with Crippen LogP contribution in [-0.2, 0) is 0 Å². The van der Waals surface area contributed by atoms with E-state index in [2.05, 4.69) is 0 Å². The zero-order valence-electron chi connectivity index (χ0n) is 6.69. The Labute approximate surface area is 70.2 Å². The molecule has 0 radical (unpaired) electrons. The number of hydrogen-bond acceptors (Lipinski definition) is 4. The molecule has 0 spiro atoms. The standard InChI is InChI=1S/C8H11NO3/c1-5(10)12-8-4-6(9)2-3-7(8)11/h2-5,10-11H,9H2,1H3/t5-/m0/s1. The van der Waals surface area contributed by atoms with Gasteiger partial charge in [0.15, 0.2) is 17.8 Å². The van der Waals surface area contributed by atoms with Crippen molar-refractivity contribution < 1.29 is 14.9 Å². The van der Waals surface area contributed by atoms with E-state index >= 15 is 0 Å². The van der Waals surface area contributed by atoms with Crippen molar-refractivity contribution in [3.8, 4) is 11.5 Å². The first kappa shape index (κ1) is 8.67. The second-order valence-corrected chi connectivity index (χ2v) is 2.44. The highest BCUT2D eigenvalue weighted by atomic mass is 16.6. The van der Waals surface area contributed by atoms with Gasteiger partial charge < -0.3 is 20.7 Å². The number of aliphatic hydroxyl groups excluding tert-OH is 1. The van der Waals surface area contributed by atoms with Gasteiger partial charge in [0, 0.05) is 11.8 Å². The number of benzene rings is 1. The maximum Gasteiger partial charge on any atom is 0.194 e. The number of nitrogen functional groups attached to an aromatic ring is 1. The van der Waals surface area contributed by atoms with Crippen molar-refractivity contribution in [3.05, 3.63) is 18.2 Å². The topological polar surface area (TPSA) is 75.7 Å². The first-order valence-electron chi connectivity index (χ1n) is 3.53. The zero-order chi connectivity index (χ0) is 9.14. The molecule has 0 saturated heterocycles. The van der Waals surface area contributed by atoms with Gasteiger partial charge in [0.25, 0.3) is 0 Å². The molecule has 4 N–H and O–H groups in total. The van der Waals surface area contributed by atoms with Crippen LogP contribution in [-0.4, -0.2) is 16.5 Å². The largest absolute Gasteiger partial charge is 0.504 e. The van der Waals surface area contributed by atoms with Gasteiger partial charge in [-0.2, -0.15) is 0 Å². The fraction of sp³-hybridized carbons (Fsp3) is 0.250. The lowest BCUT2D eigenvalue weighted by atomic mass is 10.3. The van der Waals surface area contributed by atoms with E-state index in [0.29, 0.717) is 5.69 Å². The number of rotatable bonds is 2. The van der Waals surface area contributed by atoms with Crippen LogP contribution in [0.25, 0.3) is 0 Å². The Bertz CT molecular complexity index is 273. The monoisotopic (exact) mass is 169 g/mol. The Morgan fingerprint density at radius 3 is 2.75 bits per heavy atom. The third-order valence-electron chi connectivity index (χ3n) is 1.28. The van der Waals surface area contributed by atoms with Gasteiger partial charge >= 0.3 is 0 Å². The first-order valence-corrected chi connectivity index (χ1v) is 3.53. The SMILES string of the molecule is C[C@@H](O)Oc1cc(N)ccc1O. The summed E-state index contributed by atoms with van der Waals surface area (Å²) in [7, 11) is 0. The number of anilines is 1. The minimum absolute atomic E-state index is 0.0369. The molecule has 1 atom stereocenters. The van der Waals surface area contributed by atoms with E-state index < -0.39 is 6.29 Å². The van der Waals surface area contributed by atoms with Crippen LogP contribution >= 0.6 is 0 Å². The van der Waals surface area contributed by atoms with Gasteiger partial charge in [-0.15, -0.1) is 0 Å². The predicted octanol–water partition coefficient (Wildman–Crippen LogP) is 0.692. The highest BCUT2D eigenvalue weighted by Gasteiger charge is 2.04. The number of ether oxygens (including phenoxy) is 1. The van der Waals surface area contributed by atoms with Gasteiger partial charge in [0.1, 0.15) is 0 Å². The van der Waals surface area contributed by atoms with E-state index in [1.54, 1.807) is 6.07 Å². The Morgan fingerprint density at radius 2 is 2.17 bits per heavy atom. The molecule has 0 aliphatic carbocycles. The zero-order valence-corrected chi connectivity index (χ0v) is 6.69. The van der Waals surface area contributed by atoms with Gasteiger partial charge in [-0.25, -0.2) is 0 Å². The molecule has 1 aromatic rings. The summed E-state index contributed by atoms with van der Waals surface area (Å²) in [6.07, 6.45) is -0.960. The molecule has 0 fully saturated rings. The second-order valence-electron chi connectivity index (χ2n) is 2.44. The average Bonchev–Trinajstić information content (AvgIpc) is 1.96. The number of nitrogens with two attached hydrogens (primary N) is 1. The van der Waals surface area contributed by atoms with Crippen LogP contribution < -0.4 is 10.5 Å². The smallest absolute Gasteiger partial charge is 0.194 e. The van der Waals surface area contributed by atoms with Crippen LogP contribution in [0.3, 0.4) is 0 Å². The first-order chi connectivity index (χ1) is 5.59. The molecule has 1 rings (SSSR count). The van der Waals surface area contributed by atoms with Crippen LogP contribution in [0.15, 0.2) is 18.2 Å². The van der Waals surface area contributed by atoms with E-state index in [9.17, 15) is 5.11 Å². The summed E-state index contributed by atoms with van der Waals surface area (Å²) in [5.41, 5.74) is 5.91. The Balaban J connectivity index is 2.90. The molecule has 12 heavy (non-hydrogen) atoms. The number of phenols is 1. The van der Waals surface area contributed by atoms with Gasteiger partial charge in [-0.3, -0.25) is 0 Å². The maximum absolute atomic E-state index is 9.19. The number of hydrogen-bond donors (Lipinski definition) is 3. The molecule has 0 aliphatic heterocycles. The average molecular weight is 169 g/mol. The number of phenolic OH excluding ortho intramolecular Hbond substituents is 1. The van der Waals surface area contributed by atoms with Crippen molar-refractivity contribution in [2.24, 2.45) is 0 Å². The molecule has 0 bridgehead atoms. The Kier molecular flexibility index (Phi) is 2.40. The molecular weight excluding hydrogens is 158 g/mol. The van der Waals surface area contributed by atoms with Crippen molar-refractivity contribution in [1.82, 2.24) is 0 Å². The summed E-state index contributed by atoms with van der Waals surface area (Å²) in [6, 6.07) is 4.40. The lowest BCUT2D eigenvalue weighted by Crippen LogP contribution is -2.09. The summed E-state index contributed by atoms with van der Waals surface area (Å²) in [5, 5.41) is 18.0. The Morgan fingerprint density at radius 1 is 1.50 bits per heavy atom. The van der Waals surface area contributed by atoms with E-state index in [1.165, 1.54) is 19.1 Å². The van der Waals surface area contributed by atoms with Crippen molar-refractivity contribution in [1.29, 1.82) is 0 Å². The Hall–Kier alpha value is -1.42.